The molecular weight excluding hydrogens is 533 g/mol. The number of nitrogens with one attached hydrogen (secondary N) is 2. The van der Waals surface area contributed by atoms with Crippen LogP contribution in [0.15, 0.2) is 59.7 Å². The molecule has 1 aromatic heterocycles. The molecule has 0 aliphatic carbocycles. The van der Waals surface area contributed by atoms with Gasteiger partial charge in [0.2, 0.25) is 0 Å². The number of hydrogen-bond donors (Lipinski definition) is 2. The fraction of sp³-hybridized carbons (Fsp3) is 0.333. The van der Waals surface area contributed by atoms with Crippen LogP contribution in [0.1, 0.15) is 16.8 Å². The van der Waals surface area contributed by atoms with E-state index in [9.17, 15) is 0 Å². The van der Waals surface area contributed by atoms with Gasteiger partial charge in [0, 0.05) is 32.5 Å². The summed E-state index contributed by atoms with van der Waals surface area (Å²) >= 11 is 0. The summed E-state index contributed by atoms with van der Waals surface area (Å²) in [6.07, 6.45) is 1.94. The van der Waals surface area contributed by atoms with Gasteiger partial charge >= 0.3 is 0 Å². The number of hydrogen-bond acceptors (Lipinski definition) is 5. The second-order valence-corrected chi connectivity index (χ2v) is 7.18. The summed E-state index contributed by atoms with van der Waals surface area (Å²) in [5.74, 6) is 2.36. The van der Waals surface area contributed by atoms with Crippen LogP contribution in [-0.4, -0.2) is 50.2 Å². The summed E-state index contributed by atoms with van der Waals surface area (Å²) in [5, 5.41) is 11.3. The number of nitrogens with zero attached hydrogens (tertiary/aromatic N) is 3. The molecule has 0 atom stereocenters. The van der Waals surface area contributed by atoms with E-state index in [1.54, 1.807) is 21.3 Å². The van der Waals surface area contributed by atoms with Crippen molar-refractivity contribution >= 4 is 29.9 Å². The lowest BCUT2D eigenvalue weighted by molar-refractivity contribution is 0.145. The van der Waals surface area contributed by atoms with Gasteiger partial charge in [-0.1, -0.05) is 12.1 Å². The molecule has 0 fully saturated rings. The maximum absolute atomic E-state index is 5.87. The molecule has 0 bridgehead atoms. The molecule has 0 unspecified atom stereocenters. The van der Waals surface area contributed by atoms with Crippen molar-refractivity contribution in [2.24, 2.45) is 4.99 Å². The number of rotatable bonds is 10. The summed E-state index contributed by atoms with van der Waals surface area (Å²) in [6, 6.07) is 15.9. The molecule has 0 spiro atoms. The van der Waals surface area contributed by atoms with Crippen molar-refractivity contribution in [3.05, 3.63) is 71.5 Å². The van der Waals surface area contributed by atoms with Gasteiger partial charge in [-0.2, -0.15) is 5.10 Å². The van der Waals surface area contributed by atoms with Crippen LogP contribution in [0, 0.1) is 6.92 Å². The number of benzene rings is 2. The minimum atomic E-state index is 0. The van der Waals surface area contributed by atoms with Crippen molar-refractivity contribution in [3.63, 3.8) is 0 Å². The zero-order valence-corrected chi connectivity index (χ0v) is 21.8. The Morgan fingerprint density at radius 1 is 1.00 bits per heavy atom. The lowest BCUT2D eigenvalue weighted by Crippen LogP contribution is -2.36. The molecule has 3 rings (SSSR count). The molecule has 0 saturated heterocycles. The van der Waals surface area contributed by atoms with E-state index in [4.69, 9.17) is 14.2 Å². The SMILES string of the molecule is CN=C(NCc1ccn(-c2ccc(OC)cc2)n1)NCc1ccc(C)cc1OCCOC.I. The Hall–Kier alpha value is -2.79. The van der Waals surface area contributed by atoms with E-state index in [1.807, 2.05) is 54.2 Å². The summed E-state index contributed by atoms with van der Waals surface area (Å²) in [7, 11) is 5.07. The van der Waals surface area contributed by atoms with Crippen LogP contribution in [-0.2, 0) is 17.8 Å². The molecule has 9 heteroatoms. The van der Waals surface area contributed by atoms with Gasteiger partial charge in [0.15, 0.2) is 5.96 Å². The van der Waals surface area contributed by atoms with Gasteiger partial charge in [-0.25, -0.2) is 4.68 Å². The van der Waals surface area contributed by atoms with Crippen LogP contribution < -0.4 is 20.1 Å². The molecule has 2 N–H and O–H groups in total. The Balaban J connectivity index is 0.00000385. The Morgan fingerprint density at radius 2 is 1.76 bits per heavy atom. The maximum atomic E-state index is 5.87. The van der Waals surface area contributed by atoms with E-state index in [1.165, 1.54) is 0 Å². The molecule has 178 valence electrons. The highest BCUT2D eigenvalue weighted by Crippen LogP contribution is 2.20. The predicted octanol–water partition coefficient (Wildman–Crippen LogP) is 3.70. The third kappa shape index (κ3) is 7.93. The molecular formula is C24H32IN5O3. The second-order valence-electron chi connectivity index (χ2n) is 7.18. The molecule has 8 nitrogen and oxygen atoms in total. The summed E-state index contributed by atoms with van der Waals surface area (Å²) in [4.78, 5) is 4.31. The van der Waals surface area contributed by atoms with Crippen molar-refractivity contribution in [2.75, 3.05) is 34.5 Å². The third-order valence-corrected chi connectivity index (χ3v) is 4.86. The average molecular weight is 565 g/mol. The molecule has 3 aromatic rings. The first kappa shape index (κ1) is 26.5. The van der Waals surface area contributed by atoms with E-state index in [0.29, 0.717) is 32.3 Å². The summed E-state index contributed by atoms with van der Waals surface area (Å²) in [6.45, 7) is 4.24. The summed E-state index contributed by atoms with van der Waals surface area (Å²) in [5.41, 5.74) is 4.08. The molecule has 0 radical (unpaired) electrons. The molecule has 33 heavy (non-hydrogen) atoms. The Bertz CT molecular complexity index is 1020. The zero-order chi connectivity index (χ0) is 22.8. The smallest absolute Gasteiger partial charge is 0.191 e. The Kier molecular flexibility index (Phi) is 11.0. The van der Waals surface area contributed by atoms with Crippen molar-refractivity contribution < 1.29 is 14.2 Å². The van der Waals surface area contributed by atoms with Gasteiger partial charge in [0.1, 0.15) is 18.1 Å². The van der Waals surface area contributed by atoms with Crippen LogP contribution in [0.5, 0.6) is 11.5 Å². The number of aromatic nitrogens is 2. The highest BCUT2D eigenvalue weighted by atomic mass is 127. The van der Waals surface area contributed by atoms with Crippen molar-refractivity contribution in [1.82, 2.24) is 20.4 Å². The lowest BCUT2D eigenvalue weighted by Gasteiger charge is -2.15. The minimum Gasteiger partial charge on any atom is -0.497 e. The van der Waals surface area contributed by atoms with Crippen LogP contribution in [0.2, 0.25) is 0 Å². The number of ether oxygens (including phenoxy) is 3. The van der Waals surface area contributed by atoms with E-state index < -0.39 is 0 Å². The van der Waals surface area contributed by atoms with Gasteiger partial charge in [0.05, 0.1) is 31.6 Å². The fourth-order valence-corrected chi connectivity index (χ4v) is 3.09. The predicted molar refractivity (Wildman–Crippen MR) is 141 cm³/mol. The minimum absolute atomic E-state index is 0. The van der Waals surface area contributed by atoms with Crippen LogP contribution in [0.3, 0.4) is 0 Å². The number of aliphatic imine (C=N–C) groups is 1. The first-order valence-corrected chi connectivity index (χ1v) is 10.5. The van der Waals surface area contributed by atoms with Gasteiger partial charge in [0.25, 0.3) is 0 Å². The lowest BCUT2D eigenvalue weighted by atomic mass is 10.1. The zero-order valence-electron chi connectivity index (χ0n) is 19.5. The highest BCUT2D eigenvalue weighted by Gasteiger charge is 2.07. The largest absolute Gasteiger partial charge is 0.497 e. The monoisotopic (exact) mass is 565 g/mol. The summed E-state index contributed by atoms with van der Waals surface area (Å²) < 4.78 is 18.0. The topological polar surface area (TPSA) is 81.9 Å². The van der Waals surface area contributed by atoms with E-state index in [0.717, 1.165) is 34.0 Å². The number of methoxy groups -OCH3 is 2. The second kappa shape index (κ2) is 13.7. The van der Waals surface area contributed by atoms with E-state index in [-0.39, 0.29) is 24.0 Å². The third-order valence-electron chi connectivity index (χ3n) is 4.86. The fourth-order valence-electron chi connectivity index (χ4n) is 3.09. The van der Waals surface area contributed by atoms with Crippen molar-refractivity contribution in [2.45, 2.75) is 20.0 Å². The van der Waals surface area contributed by atoms with E-state index in [2.05, 4.69) is 32.9 Å². The van der Waals surface area contributed by atoms with Crippen LogP contribution >= 0.6 is 24.0 Å². The standard InChI is InChI=1S/C24H31N5O3.HI/c1-18-5-6-19(23(15-18)32-14-13-30-3)16-26-24(25-2)27-17-20-11-12-29(28-20)21-7-9-22(31-4)10-8-21;/h5-12,15H,13-14,16-17H2,1-4H3,(H2,25,26,27);1H. The van der Waals surface area contributed by atoms with Gasteiger partial charge in [-0.05, 0) is 48.9 Å². The maximum Gasteiger partial charge on any atom is 0.191 e. The molecule has 0 saturated carbocycles. The van der Waals surface area contributed by atoms with Crippen LogP contribution in [0.25, 0.3) is 5.69 Å². The molecule has 0 aliphatic rings. The van der Waals surface area contributed by atoms with Gasteiger partial charge < -0.3 is 24.8 Å². The number of guanidine groups is 1. The normalized spacial score (nSPS) is 11.0. The molecule has 0 amide bonds. The van der Waals surface area contributed by atoms with Gasteiger partial charge in [-0.3, -0.25) is 4.99 Å². The highest BCUT2D eigenvalue weighted by molar-refractivity contribution is 14.0. The average Bonchev–Trinajstić information content (AvgIpc) is 3.29. The number of aryl methyl sites for hydroxylation is 1. The van der Waals surface area contributed by atoms with Crippen molar-refractivity contribution in [1.29, 1.82) is 0 Å². The molecule has 0 aliphatic heterocycles. The Labute approximate surface area is 212 Å². The van der Waals surface area contributed by atoms with E-state index >= 15 is 0 Å². The molecule has 1 heterocycles. The Morgan fingerprint density at radius 3 is 2.45 bits per heavy atom. The van der Waals surface area contributed by atoms with Crippen molar-refractivity contribution in [3.8, 4) is 17.2 Å². The van der Waals surface area contributed by atoms with Gasteiger partial charge in [-0.15, -0.1) is 24.0 Å². The van der Waals surface area contributed by atoms with Crippen LogP contribution in [0.4, 0.5) is 0 Å². The first-order chi connectivity index (χ1) is 15.6. The first-order valence-electron chi connectivity index (χ1n) is 10.5. The number of halogens is 1. The quantitative estimate of drug-likeness (QED) is 0.169. The molecule has 2 aromatic carbocycles.